The number of benzene rings is 2. The van der Waals surface area contributed by atoms with Gasteiger partial charge in [-0.2, -0.15) is 26.3 Å². The van der Waals surface area contributed by atoms with Gasteiger partial charge in [-0.3, -0.25) is 0 Å². The van der Waals surface area contributed by atoms with E-state index in [2.05, 4.69) is 19.9 Å². The van der Waals surface area contributed by atoms with E-state index in [0.717, 1.165) is 22.5 Å². The number of hydrogen-bond acceptors (Lipinski definition) is 7. The molecule has 11 nitrogen and oxygen atoms in total. The molecule has 0 fully saturated rings. The smallest absolute Gasteiger partial charge is 0.489 e. The Labute approximate surface area is 253 Å². The molecule has 244 valence electrons. The molecule has 0 radical (unpaired) electrons. The molecule has 3 N–H and O–H groups in total. The van der Waals surface area contributed by atoms with Gasteiger partial charge in [0.1, 0.15) is 42.2 Å². The predicted octanol–water partition coefficient (Wildman–Crippen LogP) is 5.92. The van der Waals surface area contributed by atoms with E-state index in [0.29, 0.717) is 29.6 Å². The van der Waals surface area contributed by atoms with Crippen molar-refractivity contribution in [3.8, 4) is 22.9 Å². The number of carboxylic acids is 2. The second kappa shape index (κ2) is 14.9. The van der Waals surface area contributed by atoms with E-state index < -0.39 is 24.3 Å². The zero-order chi connectivity index (χ0) is 34.1. The third-order valence-electron chi connectivity index (χ3n) is 5.48. The second-order valence-electron chi connectivity index (χ2n) is 8.92. The first-order chi connectivity index (χ1) is 21.5. The molecule has 0 atom stereocenters. The summed E-state index contributed by atoms with van der Waals surface area (Å²) in [4.78, 5) is 34.2. The van der Waals surface area contributed by atoms with Crippen molar-refractivity contribution in [2.75, 3.05) is 0 Å². The number of rotatable bonds is 7. The van der Waals surface area contributed by atoms with Crippen molar-refractivity contribution in [3.63, 3.8) is 0 Å². The van der Waals surface area contributed by atoms with E-state index in [1.807, 2.05) is 48.1 Å². The number of carbonyl (C=O) groups is 2. The molecule has 0 amide bonds. The molecule has 46 heavy (non-hydrogen) atoms. The highest BCUT2D eigenvalue weighted by Crippen LogP contribution is 2.30. The number of fused-ring (bicyclic) bond motifs is 1. The van der Waals surface area contributed by atoms with Crippen molar-refractivity contribution >= 4 is 23.1 Å². The summed E-state index contributed by atoms with van der Waals surface area (Å²) < 4.78 is 90.8. The first-order valence-electron chi connectivity index (χ1n) is 12.6. The van der Waals surface area contributed by atoms with Crippen LogP contribution in [0.15, 0.2) is 73.2 Å². The zero-order valence-electron chi connectivity index (χ0n) is 23.3. The monoisotopic (exact) mass is 657 g/mol. The van der Waals surface area contributed by atoms with Gasteiger partial charge < -0.3 is 29.2 Å². The van der Waals surface area contributed by atoms with Gasteiger partial charge in [-0.1, -0.05) is 12.1 Å². The number of aromatic nitrogens is 5. The quantitative estimate of drug-likeness (QED) is 0.181. The summed E-state index contributed by atoms with van der Waals surface area (Å²) in [5.41, 5.74) is 2.99. The maximum absolute atomic E-state index is 13.5. The SMILES string of the molecule is Cn1ccnc1COc1cc(OCc2cccc(F)c2)cc(-c2nc3ncccc3[nH]2)c1.O=C(O)C(F)(F)F.O=C(O)C(F)(F)F. The number of aliphatic carboxylic acids is 2. The number of nitrogens with one attached hydrogen (secondary N) is 1. The lowest BCUT2D eigenvalue weighted by atomic mass is 10.2. The summed E-state index contributed by atoms with van der Waals surface area (Å²) in [5, 5.41) is 14.2. The third-order valence-corrected chi connectivity index (χ3v) is 5.48. The lowest BCUT2D eigenvalue weighted by molar-refractivity contribution is -0.193. The zero-order valence-corrected chi connectivity index (χ0v) is 23.3. The average molecular weight is 657 g/mol. The third kappa shape index (κ3) is 10.5. The number of aromatic amines is 1. The van der Waals surface area contributed by atoms with Gasteiger partial charge >= 0.3 is 24.3 Å². The number of nitrogens with zero attached hydrogens (tertiary/aromatic N) is 4. The van der Waals surface area contributed by atoms with Gasteiger partial charge in [0.25, 0.3) is 0 Å². The Morgan fingerprint density at radius 1 is 0.848 bits per heavy atom. The largest absolute Gasteiger partial charge is 0.490 e. The first-order valence-corrected chi connectivity index (χ1v) is 12.6. The number of pyridine rings is 1. The number of carboxylic acid groups (broad SMARTS) is 2. The van der Waals surface area contributed by atoms with E-state index >= 15 is 0 Å². The molecule has 0 aliphatic rings. The van der Waals surface area contributed by atoms with Crippen LogP contribution in [0.2, 0.25) is 0 Å². The van der Waals surface area contributed by atoms with E-state index in [1.165, 1.54) is 12.1 Å². The summed E-state index contributed by atoms with van der Waals surface area (Å²) in [6, 6.07) is 15.7. The molecular weight excluding hydrogens is 635 g/mol. The van der Waals surface area contributed by atoms with Gasteiger partial charge in [0, 0.05) is 37.3 Å². The maximum Gasteiger partial charge on any atom is 0.490 e. The molecule has 3 heterocycles. The van der Waals surface area contributed by atoms with Crippen molar-refractivity contribution in [1.82, 2.24) is 24.5 Å². The van der Waals surface area contributed by atoms with E-state index in [4.69, 9.17) is 29.3 Å². The summed E-state index contributed by atoms with van der Waals surface area (Å²) >= 11 is 0. The Kier molecular flexibility index (Phi) is 11.2. The van der Waals surface area contributed by atoms with Crippen LogP contribution >= 0.6 is 0 Å². The van der Waals surface area contributed by atoms with Crippen molar-refractivity contribution in [1.29, 1.82) is 0 Å². The highest BCUT2D eigenvalue weighted by molar-refractivity contribution is 5.76. The van der Waals surface area contributed by atoms with Crippen LogP contribution in [0, 0.1) is 5.82 Å². The molecule has 3 aromatic heterocycles. The number of hydrogen-bond donors (Lipinski definition) is 3. The number of ether oxygens (including phenoxy) is 2. The summed E-state index contributed by atoms with van der Waals surface area (Å²) in [5.74, 6) is -3.18. The fraction of sp³-hybridized carbons (Fsp3) is 0.179. The minimum atomic E-state index is -5.08. The van der Waals surface area contributed by atoms with Crippen molar-refractivity contribution < 1.29 is 60.0 Å². The molecule has 5 aromatic rings. The van der Waals surface area contributed by atoms with Crippen LogP contribution in [-0.2, 0) is 29.9 Å². The first kappa shape index (κ1) is 34.8. The fourth-order valence-electron chi connectivity index (χ4n) is 3.33. The van der Waals surface area contributed by atoms with E-state index in [-0.39, 0.29) is 12.4 Å². The molecule has 0 spiro atoms. The van der Waals surface area contributed by atoms with Crippen LogP contribution < -0.4 is 9.47 Å². The lowest BCUT2D eigenvalue weighted by Gasteiger charge is -2.12. The number of halogens is 7. The summed E-state index contributed by atoms with van der Waals surface area (Å²) in [6.07, 6.45) is -4.87. The van der Waals surface area contributed by atoms with Gasteiger partial charge in [-0.15, -0.1) is 0 Å². The fourth-order valence-corrected chi connectivity index (χ4v) is 3.33. The topological polar surface area (TPSA) is 152 Å². The average Bonchev–Trinajstić information content (AvgIpc) is 3.60. The highest BCUT2D eigenvalue weighted by Gasteiger charge is 2.38. The molecule has 0 saturated heterocycles. The van der Waals surface area contributed by atoms with Gasteiger partial charge in [-0.05, 0) is 42.0 Å². The Balaban J connectivity index is 0.000000345. The summed E-state index contributed by atoms with van der Waals surface area (Å²) in [7, 11) is 1.91. The second-order valence-corrected chi connectivity index (χ2v) is 8.92. The highest BCUT2D eigenvalue weighted by atomic mass is 19.4. The number of H-pyrrole nitrogens is 1. The molecule has 18 heteroatoms. The van der Waals surface area contributed by atoms with Crippen LogP contribution in [0.1, 0.15) is 11.4 Å². The lowest BCUT2D eigenvalue weighted by Crippen LogP contribution is -2.21. The van der Waals surface area contributed by atoms with Gasteiger partial charge in [-0.25, -0.2) is 28.9 Å². The van der Waals surface area contributed by atoms with Crippen LogP contribution in [0.25, 0.3) is 22.6 Å². The molecule has 5 rings (SSSR count). The number of alkyl halides is 6. The van der Waals surface area contributed by atoms with Crippen LogP contribution in [-0.4, -0.2) is 59.0 Å². The molecular formula is C28H22F7N5O6. The Morgan fingerprint density at radius 2 is 1.46 bits per heavy atom. The Morgan fingerprint density at radius 3 is 1.98 bits per heavy atom. The molecule has 2 aromatic carbocycles. The Hall–Kier alpha value is -5.68. The normalized spacial score (nSPS) is 11.1. The van der Waals surface area contributed by atoms with Gasteiger partial charge in [0.15, 0.2) is 5.65 Å². The van der Waals surface area contributed by atoms with Crippen molar-refractivity contribution in [2.24, 2.45) is 7.05 Å². The van der Waals surface area contributed by atoms with Crippen LogP contribution in [0.3, 0.4) is 0 Å². The summed E-state index contributed by atoms with van der Waals surface area (Å²) in [6.45, 7) is 0.527. The standard InChI is InChI=1S/C24H20FN5O2.2C2HF3O2/c1-30-9-8-26-22(30)15-32-20-12-17(23-28-21-6-3-7-27-24(21)29-23)11-19(13-20)31-14-16-4-2-5-18(25)10-16;2*3-2(4,5)1(6)7/h2-13H,14-15H2,1H3,(H,27,28,29);2*(H,6,7). The minimum absolute atomic E-state index is 0.224. The molecule has 0 unspecified atom stereocenters. The van der Waals surface area contributed by atoms with E-state index in [1.54, 1.807) is 24.5 Å². The minimum Gasteiger partial charge on any atom is -0.489 e. The Bertz CT molecular complexity index is 1730. The molecule has 0 aliphatic heterocycles. The van der Waals surface area contributed by atoms with Crippen LogP contribution in [0.4, 0.5) is 30.7 Å². The molecule has 0 aliphatic carbocycles. The van der Waals surface area contributed by atoms with Gasteiger partial charge in [0.2, 0.25) is 0 Å². The van der Waals surface area contributed by atoms with E-state index in [9.17, 15) is 30.7 Å². The van der Waals surface area contributed by atoms with Crippen molar-refractivity contribution in [3.05, 3.63) is 90.4 Å². The maximum atomic E-state index is 13.5. The molecule has 0 saturated carbocycles. The number of imidazole rings is 2. The predicted molar refractivity (Wildman–Crippen MR) is 145 cm³/mol. The van der Waals surface area contributed by atoms with Crippen molar-refractivity contribution in [2.45, 2.75) is 25.6 Å². The molecule has 0 bridgehead atoms. The number of aryl methyl sites for hydroxylation is 1. The van der Waals surface area contributed by atoms with Crippen LogP contribution in [0.5, 0.6) is 11.5 Å². The van der Waals surface area contributed by atoms with Gasteiger partial charge in [0.05, 0.1) is 5.52 Å².